The van der Waals surface area contributed by atoms with Crippen molar-refractivity contribution in [1.82, 2.24) is 4.57 Å². The molecule has 1 heterocycles. The predicted octanol–water partition coefficient (Wildman–Crippen LogP) is 5.23. The van der Waals surface area contributed by atoms with Gasteiger partial charge in [-0.1, -0.05) is 23.2 Å². The third-order valence-corrected chi connectivity index (χ3v) is 3.74. The molecule has 2 rings (SSSR count). The number of aldehydes is 1. The molecule has 0 aliphatic rings. The van der Waals surface area contributed by atoms with E-state index in [2.05, 4.69) is 0 Å². The number of aromatic nitrogens is 1. The Morgan fingerprint density at radius 3 is 2.00 bits per heavy atom. The van der Waals surface area contributed by atoms with Crippen molar-refractivity contribution >= 4 is 29.5 Å². The molecule has 0 spiro atoms. The number of hydrogen-bond acceptors (Lipinski definition) is 1. The maximum Gasteiger partial charge on any atom is 0.416 e. The molecule has 2 nitrogen and oxygen atoms in total. The monoisotopic (exact) mass is 335 g/mol. The first kappa shape index (κ1) is 15.9. The van der Waals surface area contributed by atoms with Crippen LogP contribution in [0.4, 0.5) is 13.2 Å². The lowest BCUT2D eigenvalue weighted by Gasteiger charge is -2.16. The molecule has 0 atom stereocenters. The van der Waals surface area contributed by atoms with E-state index in [9.17, 15) is 18.0 Å². The topological polar surface area (TPSA) is 22.0 Å². The first-order valence-corrected chi connectivity index (χ1v) is 6.63. The molecular weight excluding hydrogens is 326 g/mol. The number of hydrogen-bond donors (Lipinski definition) is 0. The van der Waals surface area contributed by atoms with Crippen LogP contribution in [0.3, 0.4) is 0 Å². The molecule has 0 fully saturated rings. The molecule has 0 N–H and O–H groups in total. The Labute approximate surface area is 129 Å². The number of nitrogens with zero attached hydrogens (tertiary/aromatic N) is 1. The summed E-state index contributed by atoms with van der Waals surface area (Å²) in [7, 11) is 0. The molecule has 0 amide bonds. The molecule has 0 aliphatic carbocycles. The van der Waals surface area contributed by atoms with Gasteiger partial charge in [0.25, 0.3) is 0 Å². The fourth-order valence-corrected chi connectivity index (χ4v) is 2.85. The SMILES string of the molecule is Cc1cc(C=O)c(C)n1-c1c(Cl)cc(C(F)(F)F)cc1Cl. The smallest absolute Gasteiger partial charge is 0.315 e. The van der Waals surface area contributed by atoms with Crippen molar-refractivity contribution in [3.63, 3.8) is 0 Å². The minimum atomic E-state index is -4.53. The van der Waals surface area contributed by atoms with Crippen LogP contribution in [0, 0.1) is 13.8 Å². The van der Waals surface area contributed by atoms with Crippen LogP contribution in [0.5, 0.6) is 0 Å². The van der Waals surface area contributed by atoms with Crippen LogP contribution >= 0.6 is 23.2 Å². The normalized spacial score (nSPS) is 11.8. The molecule has 7 heteroatoms. The lowest BCUT2D eigenvalue weighted by Crippen LogP contribution is -2.08. The van der Waals surface area contributed by atoms with Crippen LogP contribution in [0.25, 0.3) is 5.69 Å². The van der Waals surface area contributed by atoms with Gasteiger partial charge in [0.2, 0.25) is 0 Å². The zero-order chi connectivity index (χ0) is 15.9. The lowest BCUT2D eigenvalue weighted by atomic mass is 10.2. The summed E-state index contributed by atoms with van der Waals surface area (Å²) in [6.07, 6.45) is -3.86. The van der Waals surface area contributed by atoms with E-state index in [1.54, 1.807) is 24.5 Å². The maximum absolute atomic E-state index is 12.7. The van der Waals surface area contributed by atoms with Crippen molar-refractivity contribution in [3.05, 3.63) is 50.8 Å². The van der Waals surface area contributed by atoms with Crippen molar-refractivity contribution in [2.24, 2.45) is 0 Å². The van der Waals surface area contributed by atoms with Crippen LogP contribution in [0.1, 0.15) is 27.3 Å². The lowest BCUT2D eigenvalue weighted by molar-refractivity contribution is -0.137. The van der Waals surface area contributed by atoms with Crippen molar-refractivity contribution in [1.29, 1.82) is 0 Å². The van der Waals surface area contributed by atoms with Crippen LogP contribution in [0.2, 0.25) is 10.0 Å². The van der Waals surface area contributed by atoms with E-state index in [1.807, 2.05) is 0 Å². The fraction of sp³-hybridized carbons (Fsp3) is 0.214. The Kier molecular flexibility index (Phi) is 4.08. The van der Waals surface area contributed by atoms with Gasteiger partial charge in [-0.3, -0.25) is 4.79 Å². The van der Waals surface area contributed by atoms with Gasteiger partial charge in [0.05, 0.1) is 21.3 Å². The summed E-state index contributed by atoms with van der Waals surface area (Å²) in [6, 6.07) is 3.26. The average molecular weight is 336 g/mol. The molecule has 112 valence electrons. The molecule has 0 bridgehead atoms. The average Bonchev–Trinajstić information content (AvgIpc) is 2.64. The molecule has 0 saturated heterocycles. The Hall–Kier alpha value is -1.46. The van der Waals surface area contributed by atoms with E-state index in [0.29, 0.717) is 23.2 Å². The van der Waals surface area contributed by atoms with Crippen molar-refractivity contribution in [2.75, 3.05) is 0 Å². The van der Waals surface area contributed by atoms with E-state index in [1.165, 1.54) is 0 Å². The molecule has 0 saturated carbocycles. The van der Waals surface area contributed by atoms with Crippen LogP contribution in [-0.4, -0.2) is 10.9 Å². The Balaban J connectivity index is 2.72. The van der Waals surface area contributed by atoms with Gasteiger partial charge in [0.15, 0.2) is 6.29 Å². The molecule has 0 aliphatic heterocycles. The fourth-order valence-electron chi connectivity index (χ4n) is 2.19. The summed E-state index contributed by atoms with van der Waals surface area (Å²) in [5, 5.41) is -0.261. The number of rotatable bonds is 2. The van der Waals surface area contributed by atoms with E-state index >= 15 is 0 Å². The summed E-state index contributed by atoms with van der Waals surface area (Å²) in [4.78, 5) is 11.0. The standard InChI is InChI=1S/C14H10Cl2F3NO/c1-7-3-9(6-21)8(2)20(7)13-11(15)4-10(5-12(13)16)14(17,18)19/h3-6H,1-2H3. The molecule has 1 aromatic heterocycles. The number of aryl methyl sites for hydroxylation is 1. The van der Waals surface area contributed by atoms with E-state index in [4.69, 9.17) is 23.2 Å². The van der Waals surface area contributed by atoms with Crippen LogP contribution < -0.4 is 0 Å². The minimum Gasteiger partial charge on any atom is -0.315 e. The first-order valence-electron chi connectivity index (χ1n) is 5.87. The molecule has 0 radical (unpaired) electrons. The van der Waals surface area contributed by atoms with Crippen molar-refractivity contribution in [2.45, 2.75) is 20.0 Å². The zero-order valence-electron chi connectivity index (χ0n) is 11.1. The zero-order valence-corrected chi connectivity index (χ0v) is 12.6. The second kappa shape index (κ2) is 5.39. The summed E-state index contributed by atoms with van der Waals surface area (Å²) in [5.74, 6) is 0. The second-order valence-corrected chi connectivity index (χ2v) is 5.38. The summed E-state index contributed by atoms with van der Waals surface area (Å²) in [6.45, 7) is 3.38. The van der Waals surface area contributed by atoms with Crippen LogP contribution in [-0.2, 0) is 6.18 Å². The largest absolute Gasteiger partial charge is 0.416 e. The molecular formula is C14H10Cl2F3NO. The highest BCUT2D eigenvalue weighted by molar-refractivity contribution is 6.38. The second-order valence-electron chi connectivity index (χ2n) is 4.57. The molecule has 21 heavy (non-hydrogen) atoms. The van der Waals surface area contributed by atoms with Crippen molar-refractivity contribution in [3.8, 4) is 5.69 Å². The first-order chi connectivity index (χ1) is 9.66. The third-order valence-electron chi connectivity index (χ3n) is 3.17. The Morgan fingerprint density at radius 2 is 1.62 bits per heavy atom. The number of carbonyl (C=O) groups is 1. The molecule has 2 aromatic rings. The number of halogens is 5. The van der Waals surface area contributed by atoms with Gasteiger partial charge in [-0.15, -0.1) is 0 Å². The van der Waals surface area contributed by atoms with Gasteiger partial charge in [0, 0.05) is 17.0 Å². The van der Waals surface area contributed by atoms with Gasteiger partial charge in [0.1, 0.15) is 0 Å². The Morgan fingerprint density at radius 1 is 1.10 bits per heavy atom. The van der Waals surface area contributed by atoms with Crippen LogP contribution in [0.15, 0.2) is 18.2 Å². The Bertz CT molecular complexity index is 697. The minimum absolute atomic E-state index is 0.130. The van der Waals surface area contributed by atoms with E-state index < -0.39 is 11.7 Å². The number of carbonyl (C=O) groups excluding carboxylic acids is 1. The van der Waals surface area contributed by atoms with Gasteiger partial charge in [-0.05, 0) is 32.0 Å². The van der Waals surface area contributed by atoms with Gasteiger partial charge in [-0.25, -0.2) is 0 Å². The molecule has 1 aromatic carbocycles. The maximum atomic E-state index is 12.7. The number of benzene rings is 1. The van der Waals surface area contributed by atoms with Gasteiger partial charge in [-0.2, -0.15) is 13.2 Å². The van der Waals surface area contributed by atoms with E-state index in [0.717, 1.165) is 12.1 Å². The third kappa shape index (κ3) is 2.80. The highest BCUT2D eigenvalue weighted by Crippen LogP contribution is 2.38. The highest BCUT2D eigenvalue weighted by atomic mass is 35.5. The number of alkyl halides is 3. The quantitative estimate of drug-likeness (QED) is 0.688. The summed E-state index contributed by atoms with van der Waals surface area (Å²) < 4.78 is 39.8. The molecule has 0 unspecified atom stereocenters. The summed E-state index contributed by atoms with van der Waals surface area (Å²) >= 11 is 12.0. The van der Waals surface area contributed by atoms with E-state index in [-0.39, 0.29) is 15.7 Å². The van der Waals surface area contributed by atoms with Crippen molar-refractivity contribution < 1.29 is 18.0 Å². The highest BCUT2D eigenvalue weighted by Gasteiger charge is 2.32. The van der Waals surface area contributed by atoms with Gasteiger partial charge >= 0.3 is 6.18 Å². The predicted molar refractivity (Wildman–Crippen MR) is 75.7 cm³/mol. The summed E-state index contributed by atoms with van der Waals surface area (Å²) in [5.41, 5.74) is 0.956. The van der Waals surface area contributed by atoms with Gasteiger partial charge < -0.3 is 4.57 Å².